The van der Waals surface area contributed by atoms with Crippen LogP contribution in [0.1, 0.15) is 0 Å². The largest absolute Gasteiger partial charge is 0.481 e. The Labute approximate surface area is 83.6 Å². The third-order valence-electron chi connectivity index (χ3n) is 1.85. The number of aliphatic imine (C=N–C) groups is 1. The molecular weight excluding hydrogens is 203 g/mol. The van der Waals surface area contributed by atoms with Gasteiger partial charge < -0.3 is 10.1 Å². The molecule has 1 heterocycles. The summed E-state index contributed by atoms with van der Waals surface area (Å²) in [5.74, 6) is -0.819. The fourth-order valence-corrected chi connectivity index (χ4v) is 1.23. The normalized spacial score (nSPS) is 13.3. The van der Waals surface area contributed by atoms with Gasteiger partial charge in [-0.2, -0.15) is 4.99 Å². The standard InChI is InChI=1S/C9H5FN2O3/c10-5-1-8-7(2-6(5)11-4-13)12-9(14)3-15-8/h1-2H,3H2,(H,12,14). The molecule has 0 bridgehead atoms. The van der Waals surface area contributed by atoms with Gasteiger partial charge in [0, 0.05) is 6.07 Å². The fourth-order valence-electron chi connectivity index (χ4n) is 1.23. The lowest BCUT2D eigenvalue weighted by atomic mass is 10.2. The summed E-state index contributed by atoms with van der Waals surface area (Å²) in [4.78, 5) is 24.1. The minimum absolute atomic E-state index is 0.150. The third-order valence-corrected chi connectivity index (χ3v) is 1.85. The smallest absolute Gasteiger partial charge is 0.262 e. The van der Waals surface area contributed by atoms with E-state index in [4.69, 9.17) is 4.74 Å². The highest BCUT2D eigenvalue weighted by Gasteiger charge is 2.18. The molecule has 1 N–H and O–H groups in total. The zero-order valence-corrected chi connectivity index (χ0v) is 7.41. The highest BCUT2D eigenvalue weighted by Crippen LogP contribution is 2.33. The molecule has 0 spiro atoms. The Bertz CT molecular complexity index is 480. The minimum atomic E-state index is -0.701. The molecule has 0 saturated carbocycles. The summed E-state index contributed by atoms with van der Waals surface area (Å²) in [6, 6.07) is 2.28. The zero-order valence-electron chi connectivity index (χ0n) is 7.41. The van der Waals surface area contributed by atoms with Crippen molar-refractivity contribution in [3.05, 3.63) is 17.9 Å². The number of hydrogen-bond acceptors (Lipinski definition) is 4. The number of rotatable bonds is 1. The fraction of sp³-hybridized carbons (Fsp3) is 0.111. The van der Waals surface area contributed by atoms with Gasteiger partial charge in [-0.1, -0.05) is 0 Å². The molecule has 0 fully saturated rings. The first-order valence-electron chi connectivity index (χ1n) is 4.05. The summed E-state index contributed by atoms with van der Waals surface area (Å²) in [5.41, 5.74) is 0.108. The van der Waals surface area contributed by atoms with Gasteiger partial charge in [0.15, 0.2) is 12.4 Å². The van der Waals surface area contributed by atoms with Crippen molar-refractivity contribution in [1.29, 1.82) is 0 Å². The topological polar surface area (TPSA) is 67.8 Å². The number of benzene rings is 1. The quantitative estimate of drug-likeness (QED) is 0.555. The van der Waals surface area contributed by atoms with Crippen molar-refractivity contribution in [1.82, 2.24) is 0 Å². The second kappa shape index (κ2) is 3.51. The molecule has 1 aliphatic rings. The molecule has 1 amide bonds. The van der Waals surface area contributed by atoms with E-state index in [0.717, 1.165) is 6.07 Å². The van der Waals surface area contributed by atoms with Crippen LogP contribution in [0.4, 0.5) is 15.8 Å². The van der Waals surface area contributed by atoms with Gasteiger partial charge in [0.1, 0.15) is 11.4 Å². The molecule has 1 aromatic rings. The Balaban J connectivity index is 2.51. The van der Waals surface area contributed by atoms with Gasteiger partial charge in [-0.15, -0.1) is 0 Å². The number of ether oxygens (including phenoxy) is 1. The third kappa shape index (κ3) is 1.70. The molecule has 76 valence electrons. The maximum absolute atomic E-state index is 13.2. The molecule has 0 aliphatic carbocycles. The average molecular weight is 208 g/mol. The van der Waals surface area contributed by atoms with E-state index in [1.54, 1.807) is 0 Å². The van der Waals surface area contributed by atoms with Gasteiger partial charge >= 0.3 is 0 Å². The van der Waals surface area contributed by atoms with Crippen LogP contribution in [0.15, 0.2) is 17.1 Å². The van der Waals surface area contributed by atoms with Crippen LogP contribution < -0.4 is 10.1 Å². The van der Waals surface area contributed by atoms with E-state index in [-0.39, 0.29) is 24.0 Å². The maximum atomic E-state index is 13.2. The van der Waals surface area contributed by atoms with Crippen LogP contribution in [0.25, 0.3) is 0 Å². The Morgan fingerprint density at radius 2 is 2.33 bits per heavy atom. The average Bonchev–Trinajstić information content (AvgIpc) is 2.20. The molecule has 0 aromatic heterocycles. The number of isocyanates is 1. The maximum Gasteiger partial charge on any atom is 0.262 e. The number of carbonyl (C=O) groups is 1. The van der Waals surface area contributed by atoms with Crippen LogP contribution in [0.2, 0.25) is 0 Å². The number of halogens is 1. The van der Waals surface area contributed by atoms with Crippen LogP contribution in [0.5, 0.6) is 5.75 Å². The minimum Gasteiger partial charge on any atom is -0.481 e. The first kappa shape index (κ1) is 9.36. The van der Waals surface area contributed by atoms with Crippen molar-refractivity contribution in [2.24, 2.45) is 4.99 Å². The molecule has 0 saturated heterocycles. The molecule has 15 heavy (non-hydrogen) atoms. The number of fused-ring (bicyclic) bond motifs is 1. The van der Waals surface area contributed by atoms with Crippen molar-refractivity contribution in [3.8, 4) is 5.75 Å². The van der Waals surface area contributed by atoms with E-state index in [0.29, 0.717) is 5.69 Å². The summed E-state index contributed by atoms with van der Waals surface area (Å²) >= 11 is 0. The summed E-state index contributed by atoms with van der Waals surface area (Å²) in [6.07, 6.45) is 1.22. The number of anilines is 1. The molecular formula is C9H5FN2O3. The van der Waals surface area contributed by atoms with Gasteiger partial charge in [0.2, 0.25) is 6.08 Å². The second-order valence-electron chi connectivity index (χ2n) is 2.84. The van der Waals surface area contributed by atoms with Crippen LogP contribution in [-0.4, -0.2) is 18.6 Å². The SMILES string of the molecule is O=C=Nc1cc2c(cc1F)OCC(=O)N2. The van der Waals surface area contributed by atoms with E-state index in [1.165, 1.54) is 12.1 Å². The number of nitrogens with one attached hydrogen (secondary N) is 1. The lowest BCUT2D eigenvalue weighted by Crippen LogP contribution is -2.25. The van der Waals surface area contributed by atoms with Crippen molar-refractivity contribution in [2.45, 2.75) is 0 Å². The Kier molecular flexibility index (Phi) is 2.19. The number of carbonyl (C=O) groups excluding carboxylic acids is 2. The molecule has 0 atom stereocenters. The van der Waals surface area contributed by atoms with Gasteiger partial charge in [-0.05, 0) is 6.07 Å². The van der Waals surface area contributed by atoms with E-state index in [9.17, 15) is 14.0 Å². The number of amides is 1. The van der Waals surface area contributed by atoms with E-state index < -0.39 is 5.82 Å². The molecule has 1 aromatic carbocycles. The molecule has 0 radical (unpaired) electrons. The van der Waals surface area contributed by atoms with Crippen molar-refractivity contribution >= 4 is 23.4 Å². The lowest BCUT2D eigenvalue weighted by Gasteiger charge is -2.17. The molecule has 1 aliphatic heterocycles. The monoisotopic (exact) mass is 208 g/mol. The van der Waals surface area contributed by atoms with Gasteiger partial charge in [-0.3, -0.25) is 4.79 Å². The second-order valence-corrected chi connectivity index (χ2v) is 2.84. The summed E-state index contributed by atoms with van der Waals surface area (Å²) in [6.45, 7) is -0.150. The van der Waals surface area contributed by atoms with Gasteiger partial charge in [0.05, 0.1) is 5.69 Å². The number of hydrogen-bond donors (Lipinski definition) is 1. The van der Waals surface area contributed by atoms with Crippen LogP contribution in [-0.2, 0) is 9.59 Å². The Morgan fingerprint density at radius 3 is 3.07 bits per heavy atom. The molecule has 5 nitrogen and oxygen atoms in total. The predicted molar refractivity (Wildman–Crippen MR) is 48.3 cm³/mol. The van der Waals surface area contributed by atoms with E-state index in [2.05, 4.69) is 10.3 Å². The first-order valence-corrected chi connectivity index (χ1v) is 4.05. The summed E-state index contributed by atoms with van der Waals surface area (Å²) in [5, 5.41) is 2.47. The lowest BCUT2D eigenvalue weighted by molar-refractivity contribution is -0.118. The molecule has 2 rings (SSSR count). The van der Waals surface area contributed by atoms with Crippen molar-refractivity contribution in [3.63, 3.8) is 0 Å². The van der Waals surface area contributed by atoms with Crippen molar-refractivity contribution < 1.29 is 18.7 Å². The Hall–Kier alpha value is -2.20. The molecule has 0 unspecified atom stereocenters. The summed E-state index contributed by atoms with van der Waals surface area (Å²) < 4.78 is 18.2. The van der Waals surface area contributed by atoms with E-state index >= 15 is 0 Å². The molecule has 6 heteroatoms. The summed E-state index contributed by atoms with van der Waals surface area (Å²) in [7, 11) is 0. The van der Waals surface area contributed by atoms with Crippen molar-refractivity contribution in [2.75, 3.05) is 11.9 Å². The first-order chi connectivity index (χ1) is 7.20. The van der Waals surface area contributed by atoms with Gasteiger partial charge in [-0.25, -0.2) is 9.18 Å². The number of nitrogens with zero attached hydrogens (tertiary/aromatic N) is 1. The van der Waals surface area contributed by atoms with Crippen LogP contribution >= 0.6 is 0 Å². The predicted octanol–water partition coefficient (Wildman–Crippen LogP) is 1.12. The van der Waals surface area contributed by atoms with Crippen LogP contribution in [0, 0.1) is 5.82 Å². The highest BCUT2D eigenvalue weighted by atomic mass is 19.1. The highest BCUT2D eigenvalue weighted by molar-refractivity contribution is 5.95. The zero-order chi connectivity index (χ0) is 10.8. The Morgan fingerprint density at radius 1 is 1.53 bits per heavy atom. The van der Waals surface area contributed by atoms with E-state index in [1.807, 2.05) is 0 Å². The van der Waals surface area contributed by atoms with Gasteiger partial charge in [0.25, 0.3) is 5.91 Å². The van der Waals surface area contributed by atoms with Crippen LogP contribution in [0.3, 0.4) is 0 Å².